The highest BCUT2D eigenvalue weighted by Crippen LogP contribution is 2.17. The second kappa shape index (κ2) is 6.70. The maximum atomic E-state index is 9.02. The Kier molecular flexibility index (Phi) is 5.23. The number of aromatic nitrogens is 2. The Labute approximate surface area is 103 Å². The molecule has 0 bridgehead atoms. The molecule has 0 amide bonds. The van der Waals surface area contributed by atoms with Gasteiger partial charge in [-0.3, -0.25) is 0 Å². The first-order chi connectivity index (χ1) is 8.26. The molecule has 4 nitrogen and oxygen atoms in total. The van der Waals surface area contributed by atoms with Crippen molar-refractivity contribution in [3.63, 3.8) is 0 Å². The molecule has 0 saturated heterocycles. The second-order valence-electron chi connectivity index (χ2n) is 4.23. The average molecular weight is 230 g/mol. The van der Waals surface area contributed by atoms with Gasteiger partial charge in [0.15, 0.2) is 11.4 Å². The van der Waals surface area contributed by atoms with E-state index in [0.717, 1.165) is 19.4 Å². The normalized spacial score (nSPS) is 11.8. The maximum Gasteiger partial charge on any atom is 0.176 e. The third kappa shape index (κ3) is 3.32. The van der Waals surface area contributed by atoms with Crippen LogP contribution in [0, 0.1) is 28.6 Å². The van der Waals surface area contributed by atoms with Gasteiger partial charge < -0.3 is 4.57 Å². The van der Waals surface area contributed by atoms with Crippen molar-refractivity contribution in [3.8, 4) is 12.1 Å². The first kappa shape index (κ1) is 13.3. The molecule has 1 atom stereocenters. The van der Waals surface area contributed by atoms with Crippen LogP contribution in [0.3, 0.4) is 0 Å². The lowest BCUT2D eigenvalue weighted by Gasteiger charge is -2.15. The zero-order chi connectivity index (χ0) is 12.7. The summed E-state index contributed by atoms with van der Waals surface area (Å²) in [6.07, 6.45) is 6.25. The van der Waals surface area contributed by atoms with Gasteiger partial charge in [0, 0.05) is 6.54 Å². The van der Waals surface area contributed by atoms with Gasteiger partial charge in [0.05, 0.1) is 6.33 Å². The molecule has 0 saturated carbocycles. The van der Waals surface area contributed by atoms with Crippen LogP contribution in [-0.2, 0) is 6.54 Å². The molecule has 1 aromatic heterocycles. The lowest BCUT2D eigenvalue weighted by atomic mass is 9.99. The Balaban J connectivity index is 2.77. The maximum absolute atomic E-state index is 9.02. The molecule has 1 rings (SSSR count). The Morgan fingerprint density at radius 1 is 1.35 bits per heavy atom. The molecule has 0 aliphatic heterocycles. The van der Waals surface area contributed by atoms with Gasteiger partial charge in [0.25, 0.3) is 0 Å². The molecule has 0 radical (unpaired) electrons. The molecule has 1 aromatic rings. The molecule has 0 spiro atoms. The molecule has 90 valence electrons. The standard InChI is InChI=1S/C13H18N4/c1-3-5-6-11(4-2)9-17-10-16-12(7-14)13(17)8-15/h10-11H,3-6,9H2,1-2H3. The van der Waals surface area contributed by atoms with E-state index < -0.39 is 0 Å². The summed E-state index contributed by atoms with van der Waals surface area (Å²) >= 11 is 0. The highest BCUT2D eigenvalue weighted by molar-refractivity contribution is 5.35. The molecule has 0 fully saturated rings. The van der Waals surface area contributed by atoms with E-state index in [9.17, 15) is 0 Å². The average Bonchev–Trinajstić information content (AvgIpc) is 2.76. The summed E-state index contributed by atoms with van der Waals surface area (Å²) in [6.45, 7) is 5.13. The Hall–Kier alpha value is -1.81. The predicted molar refractivity (Wildman–Crippen MR) is 65.0 cm³/mol. The summed E-state index contributed by atoms with van der Waals surface area (Å²) in [5.74, 6) is 0.558. The van der Waals surface area contributed by atoms with Gasteiger partial charge in [-0.2, -0.15) is 10.5 Å². The van der Waals surface area contributed by atoms with Gasteiger partial charge in [-0.05, 0) is 12.3 Å². The number of imidazole rings is 1. The van der Waals surface area contributed by atoms with E-state index >= 15 is 0 Å². The monoisotopic (exact) mass is 230 g/mol. The summed E-state index contributed by atoms with van der Waals surface area (Å²) in [7, 11) is 0. The predicted octanol–water partition coefficient (Wildman–Crippen LogP) is 2.84. The minimum Gasteiger partial charge on any atom is -0.321 e. The summed E-state index contributed by atoms with van der Waals surface area (Å²) in [5.41, 5.74) is 0.625. The highest BCUT2D eigenvalue weighted by Gasteiger charge is 2.13. The number of hydrogen-bond acceptors (Lipinski definition) is 3. The van der Waals surface area contributed by atoms with E-state index in [4.69, 9.17) is 10.5 Å². The Morgan fingerprint density at radius 3 is 2.65 bits per heavy atom. The first-order valence-electron chi connectivity index (χ1n) is 6.12. The number of unbranched alkanes of at least 4 members (excludes halogenated alkanes) is 1. The Bertz CT molecular complexity index is 433. The van der Waals surface area contributed by atoms with Crippen LogP contribution < -0.4 is 0 Å². The minimum absolute atomic E-state index is 0.234. The van der Waals surface area contributed by atoms with Crippen LogP contribution in [0.1, 0.15) is 50.9 Å². The molecule has 4 heteroatoms. The second-order valence-corrected chi connectivity index (χ2v) is 4.23. The molecule has 1 unspecified atom stereocenters. The van der Waals surface area contributed by atoms with Crippen LogP contribution in [0.15, 0.2) is 6.33 Å². The molecule has 0 aromatic carbocycles. The molecule has 17 heavy (non-hydrogen) atoms. The highest BCUT2D eigenvalue weighted by atomic mass is 15.1. The van der Waals surface area contributed by atoms with Crippen LogP contribution in [-0.4, -0.2) is 9.55 Å². The van der Waals surface area contributed by atoms with Crippen molar-refractivity contribution < 1.29 is 0 Å². The fourth-order valence-electron chi connectivity index (χ4n) is 1.92. The third-order valence-electron chi connectivity index (χ3n) is 3.05. The summed E-state index contributed by atoms with van der Waals surface area (Å²) in [5, 5.41) is 17.8. The van der Waals surface area contributed by atoms with Crippen LogP contribution in [0.4, 0.5) is 0 Å². The molecular formula is C13H18N4. The number of rotatable bonds is 6. The van der Waals surface area contributed by atoms with E-state index in [1.165, 1.54) is 12.8 Å². The quantitative estimate of drug-likeness (QED) is 0.754. The van der Waals surface area contributed by atoms with Crippen molar-refractivity contribution in [2.75, 3.05) is 0 Å². The summed E-state index contributed by atoms with van der Waals surface area (Å²) in [6, 6.07) is 4.01. The van der Waals surface area contributed by atoms with Gasteiger partial charge >= 0.3 is 0 Å². The van der Waals surface area contributed by atoms with E-state index in [2.05, 4.69) is 24.9 Å². The number of hydrogen-bond donors (Lipinski definition) is 0. The zero-order valence-corrected chi connectivity index (χ0v) is 10.5. The van der Waals surface area contributed by atoms with Gasteiger partial charge in [0.2, 0.25) is 0 Å². The van der Waals surface area contributed by atoms with Crippen LogP contribution in [0.2, 0.25) is 0 Å². The van der Waals surface area contributed by atoms with Crippen LogP contribution >= 0.6 is 0 Å². The van der Waals surface area contributed by atoms with Gasteiger partial charge in [-0.1, -0.05) is 33.1 Å². The van der Waals surface area contributed by atoms with Gasteiger partial charge in [0.1, 0.15) is 12.1 Å². The fraction of sp³-hybridized carbons (Fsp3) is 0.615. The molecule has 1 heterocycles. The van der Waals surface area contributed by atoms with Gasteiger partial charge in [-0.15, -0.1) is 0 Å². The van der Waals surface area contributed by atoms with Crippen molar-refractivity contribution in [2.24, 2.45) is 5.92 Å². The molecule has 0 aliphatic carbocycles. The molecule has 0 aliphatic rings. The summed E-state index contributed by atoms with van der Waals surface area (Å²) in [4.78, 5) is 3.95. The lowest BCUT2D eigenvalue weighted by molar-refractivity contribution is 0.389. The minimum atomic E-state index is 0.234. The van der Waals surface area contributed by atoms with Crippen molar-refractivity contribution in [1.29, 1.82) is 10.5 Å². The number of nitrogens with zero attached hydrogens (tertiary/aromatic N) is 4. The number of nitriles is 2. The van der Waals surface area contributed by atoms with Crippen LogP contribution in [0.5, 0.6) is 0 Å². The van der Waals surface area contributed by atoms with Crippen LogP contribution in [0.25, 0.3) is 0 Å². The van der Waals surface area contributed by atoms with Crippen molar-refractivity contribution in [3.05, 3.63) is 17.7 Å². The third-order valence-corrected chi connectivity index (χ3v) is 3.05. The molecular weight excluding hydrogens is 212 g/mol. The van der Waals surface area contributed by atoms with E-state index in [0.29, 0.717) is 11.6 Å². The van der Waals surface area contributed by atoms with E-state index in [1.807, 2.05) is 10.6 Å². The lowest BCUT2D eigenvalue weighted by Crippen LogP contribution is -2.11. The fourth-order valence-corrected chi connectivity index (χ4v) is 1.92. The van der Waals surface area contributed by atoms with Crippen molar-refractivity contribution >= 4 is 0 Å². The van der Waals surface area contributed by atoms with Gasteiger partial charge in [-0.25, -0.2) is 4.98 Å². The first-order valence-corrected chi connectivity index (χ1v) is 6.12. The van der Waals surface area contributed by atoms with Crippen molar-refractivity contribution in [2.45, 2.75) is 46.1 Å². The Morgan fingerprint density at radius 2 is 2.12 bits per heavy atom. The summed E-state index contributed by atoms with van der Waals surface area (Å²) < 4.78 is 1.81. The largest absolute Gasteiger partial charge is 0.321 e. The van der Waals surface area contributed by atoms with E-state index in [-0.39, 0.29) is 5.69 Å². The SMILES string of the molecule is CCCCC(CC)Cn1cnc(C#N)c1C#N. The van der Waals surface area contributed by atoms with E-state index in [1.54, 1.807) is 6.33 Å². The zero-order valence-electron chi connectivity index (χ0n) is 10.5. The molecule has 0 N–H and O–H groups in total. The van der Waals surface area contributed by atoms with Crippen molar-refractivity contribution in [1.82, 2.24) is 9.55 Å². The smallest absolute Gasteiger partial charge is 0.176 e. The topological polar surface area (TPSA) is 65.4 Å².